The van der Waals surface area contributed by atoms with E-state index in [1.807, 2.05) is 0 Å². The van der Waals surface area contributed by atoms with Crippen LogP contribution in [0.5, 0.6) is 0 Å². The van der Waals surface area contributed by atoms with E-state index in [1.54, 1.807) is 7.05 Å². The molecular weight excluding hydrogens is 298 g/mol. The molecule has 2 unspecified atom stereocenters. The first kappa shape index (κ1) is 16.2. The van der Waals surface area contributed by atoms with Gasteiger partial charge in [0.15, 0.2) is 0 Å². The van der Waals surface area contributed by atoms with E-state index in [0.717, 1.165) is 0 Å². The van der Waals surface area contributed by atoms with Gasteiger partial charge < -0.3 is 10.0 Å². The highest BCUT2D eigenvalue weighted by atomic mass is 32.2. The normalized spacial score (nSPS) is 28.6. The minimum Gasteiger partial charge on any atom is -0.481 e. The first-order valence-electron chi connectivity index (χ1n) is 7.04. The smallest absolute Gasteiger partial charge is 0.307 e. The number of likely N-dealkylation sites (tertiary alicyclic amines) is 1. The van der Waals surface area contributed by atoms with Gasteiger partial charge in [-0.3, -0.25) is 9.59 Å². The van der Waals surface area contributed by atoms with Crippen molar-refractivity contribution in [3.63, 3.8) is 0 Å². The molecule has 8 nitrogen and oxygen atoms in total. The van der Waals surface area contributed by atoms with Gasteiger partial charge in [0.25, 0.3) is 10.2 Å². The lowest BCUT2D eigenvalue weighted by Crippen LogP contribution is -2.54. The Morgan fingerprint density at radius 1 is 1.33 bits per heavy atom. The monoisotopic (exact) mass is 319 g/mol. The summed E-state index contributed by atoms with van der Waals surface area (Å²) in [5.74, 6) is -1.60. The number of rotatable bonds is 4. The third kappa shape index (κ3) is 3.92. The number of nitrogens with one attached hydrogen (secondary N) is 1. The molecule has 0 aromatic carbocycles. The third-order valence-electron chi connectivity index (χ3n) is 4.02. The number of hydrogen-bond acceptors (Lipinski definition) is 4. The lowest BCUT2D eigenvalue weighted by Gasteiger charge is -2.34. The van der Waals surface area contributed by atoms with Gasteiger partial charge in [0.2, 0.25) is 5.91 Å². The summed E-state index contributed by atoms with van der Waals surface area (Å²) in [6.45, 7) is 0.682. The second-order valence-electron chi connectivity index (χ2n) is 5.67. The zero-order valence-electron chi connectivity index (χ0n) is 12.0. The van der Waals surface area contributed by atoms with Gasteiger partial charge in [-0.25, -0.2) is 0 Å². The fourth-order valence-electron chi connectivity index (χ4n) is 2.76. The quantitative estimate of drug-likeness (QED) is 0.708. The maximum atomic E-state index is 12.3. The summed E-state index contributed by atoms with van der Waals surface area (Å²) in [6, 6.07) is -0.317. The summed E-state index contributed by atoms with van der Waals surface area (Å²) in [6.07, 6.45) is 1.84. The van der Waals surface area contributed by atoms with Gasteiger partial charge in [0, 0.05) is 39.1 Å². The molecule has 2 rings (SSSR count). The second-order valence-corrected chi connectivity index (χ2v) is 7.37. The lowest BCUT2D eigenvalue weighted by molar-refractivity contribution is -0.143. The number of carboxylic acids is 1. The van der Waals surface area contributed by atoms with Crippen LogP contribution in [0.25, 0.3) is 0 Å². The zero-order chi connectivity index (χ0) is 15.6. The van der Waals surface area contributed by atoms with E-state index >= 15 is 0 Å². The predicted molar refractivity (Wildman–Crippen MR) is 74.6 cm³/mol. The fourth-order valence-corrected chi connectivity index (χ4v) is 4.26. The Morgan fingerprint density at radius 3 is 2.67 bits per heavy atom. The molecule has 2 aliphatic rings. The average Bonchev–Trinajstić information content (AvgIpc) is 2.43. The van der Waals surface area contributed by atoms with Crippen LogP contribution in [-0.4, -0.2) is 67.3 Å². The Labute approximate surface area is 124 Å². The van der Waals surface area contributed by atoms with Crippen molar-refractivity contribution in [1.29, 1.82) is 0 Å². The molecule has 0 radical (unpaired) electrons. The van der Waals surface area contributed by atoms with Crippen LogP contribution in [0, 0.1) is 5.92 Å². The van der Waals surface area contributed by atoms with Crippen molar-refractivity contribution < 1.29 is 23.1 Å². The van der Waals surface area contributed by atoms with Crippen LogP contribution in [0.3, 0.4) is 0 Å². The lowest BCUT2D eigenvalue weighted by atomic mass is 10.0. The van der Waals surface area contributed by atoms with E-state index in [0.29, 0.717) is 38.8 Å². The molecule has 0 bridgehead atoms. The van der Waals surface area contributed by atoms with Gasteiger partial charge in [-0.15, -0.1) is 0 Å². The summed E-state index contributed by atoms with van der Waals surface area (Å²) in [4.78, 5) is 23.9. The first-order chi connectivity index (χ1) is 9.79. The molecule has 21 heavy (non-hydrogen) atoms. The molecule has 9 heteroatoms. The number of nitrogens with zero attached hydrogens (tertiary/aromatic N) is 2. The number of amides is 1. The van der Waals surface area contributed by atoms with Crippen LogP contribution < -0.4 is 4.72 Å². The predicted octanol–water partition coefficient (Wildman–Crippen LogP) is -0.762. The van der Waals surface area contributed by atoms with Crippen LogP contribution in [0.4, 0.5) is 0 Å². The van der Waals surface area contributed by atoms with Gasteiger partial charge in [-0.1, -0.05) is 0 Å². The van der Waals surface area contributed by atoms with Crippen molar-refractivity contribution in [2.75, 3.05) is 26.7 Å². The largest absolute Gasteiger partial charge is 0.481 e. The van der Waals surface area contributed by atoms with Crippen LogP contribution >= 0.6 is 0 Å². The van der Waals surface area contributed by atoms with E-state index in [4.69, 9.17) is 5.11 Å². The number of aliphatic carboxylic acids is 1. The molecule has 120 valence electrons. The van der Waals surface area contributed by atoms with Crippen LogP contribution in [0.2, 0.25) is 0 Å². The van der Waals surface area contributed by atoms with E-state index in [1.165, 1.54) is 9.21 Å². The minimum atomic E-state index is -3.71. The number of carbonyl (C=O) groups is 2. The van der Waals surface area contributed by atoms with Crippen molar-refractivity contribution in [2.45, 2.75) is 31.7 Å². The highest BCUT2D eigenvalue weighted by molar-refractivity contribution is 7.87. The molecule has 1 amide bonds. The third-order valence-corrected chi connectivity index (χ3v) is 5.66. The highest BCUT2D eigenvalue weighted by Crippen LogP contribution is 2.20. The topological polar surface area (TPSA) is 107 Å². The summed E-state index contributed by atoms with van der Waals surface area (Å²) in [5, 5.41) is 9.02. The van der Waals surface area contributed by atoms with Gasteiger partial charge in [0.05, 0.1) is 5.92 Å². The van der Waals surface area contributed by atoms with Gasteiger partial charge >= 0.3 is 5.97 Å². The average molecular weight is 319 g/mol. The zero-order valence-corrected chi connectivity index (χ0v) is 12.8. The summed E-state index contributed by atoms with van der Waals surface area (Å²) in [5.41, 5.74) is 0. The number of likely N-dealkylation sites (N-methyl/N-ethyl adjacent to an activating group) is 1. The molecule has 2 fully saturated rings. The van der Waals surface area contributed by atoms with Gasteiger partial charge in [-0.05, 0) is 19.3 Å². The molecule has 2 aliphatic heterocycles. The van der Waals surface area contributed by atoms with E-state index in [-0.39, 0.29) is 18.5 Å². The minimum absolute atomic E-state index is 0.00611. The molecule has 0 saturated carbocycles. The van der Waals surface area contributed by atoms with Crippen LogP contribution in [0.15, 0.2) is 0 Å². The number of piperidine rings is 2. The Balaban J connectivity index is 1.98. The van der Waals surface area contributed by atoms with Crippen molar-refractivity contribution in [2.24, 2.45) is 5.92 Å². The molecule has 2 N–H and O–H groups in total. The molecular formula is C12H21N3O5S. The second kappa shape index (κ2) is 6.29. The van der Waals surface area contributed by atoms with Crippen molar-refractivity contribution in [3.8, 4) is 0 Å². The maximum absolute atomic E-state index is 12.3. The number of carboxylic acid groups (broad SMARTS) is 1. The number of hydrogen-bond donors (Lipinski definition) is 2. The van der Waals surface area contributed by atoms with Crippen molar-refractivity contribution in [1.82, 2.24) is 13.9 Å². The van der Waals surface area contributed by atoms with Gasteiger partial charge in [-0.2, -0.15) is 17.4 Å². The van der Waals surface area contributed by atoms with E-state index < -0.39 is 22.1 Å². The Bertz CT molecular complexity index is 521. The van der Waals surface area contributed by atoms with Crippen LogP contribution in [-0.2, 0) is 19.8 Å². The Morgan fingerprint density at radius 2 is 2.05 bits per heavy atom. The molecule has 2 atom stereocenters. The van der Waals surface area contributed by atoms with E-state index in [9.17, 15) is 18.0 Å². The molecule has 0 spiro atoms. The first-order valence-corrected chi connectivity index (χ1v) is 8.48. The molecule has 2 heterocycles. The summed E-state index contributed by atoms with van der Waals surface area (Å²) in [7, 11) is -2.07. The highest BCUT2D eigenvalue weighted by Gasteiger charge is 2.34. The Kier molecular flexibility index (Phi) is 4.84. The van der Waals surface area contributed by atoms with Crippen molar-refractivity contribution >= 4 is 22.1 Å². The van der Waals surface area contributed by atoms with Crippen LogP contribution in [0.1, 0.15) is 25.7 Å². The fraction of sp³-hybridized carbons (Fsp3) is 0.833. The summed E-state index contributed by atoms with van der Waals surface area (Å²) >= 11 is 0. The summed E-state index contributed by atoms with van der Waals surface area (Å²) < 4.78 is 28.4. The van der Waals surface area contributed by atoms with Crippen molar-refractivity contribution in [3.05, 3.63) is 0 Å². The molecule has 0 aliphatic carbocycles. The Hall–Kier alpha value is -1.19. The standard InChI is InChI=1S/C12H21N3O5S/c1-14-8-10(4-5-11(14)16)13-21(19,20)15-6-2-3-9(7-15)12(17)18/h9-10,13H,2-8H2,1H3,(H,17,18). The SMILES string of the molecule is CN1CC(NS(=O)(=O)N2CCCC(C(=O)O)C2)CCC1=O. The molecule has 0 aromatic heterocycles. The maximum Gasteiger partial charge on any atom is 0.307 e. The number of carbonyl (C=O) groups excluding carboxylic acids is 1. The molecule has 0 aromatic rings. The molecule has 2 saturated heterocycles. The van der Waals surface area contributed by atoms with Gasteiger partial charge in [0.1, 0.15) is 0 Å². The van der Waals surface area contributed by atoms with E-state index in [2.05, 4.69) is 4.72 Å².